The van der Waals surface area contributed by atoms with E-state index in [1.807, 2.05) is 52.0 Å². The first-order valence-electron chi connectivity index (χ1n) is 11.1. The molecule has 0 spiro atoms. The summed E-state index contributed by atoms with van der Waals surface area (Å²) in [6.07, 6.45) is 0. The van der Waals surface area contributed by atoms with Gasteiger partial charge in [-0.05, 0) is 123 Å². The number of ether oxygens (including phenoxy) is 2. The number of benzene rings is 4. The number of hydrogen-bond donors (Lipinski definition) is 2. The lowest BCUT2D eigenvalue weighted by atomic mass is 10.1. The molecule has 4 N–H and O–H groups in total. The highest BCUT2D eigenvalue weighted by Gasteiger charge is 2.18. The molecule has 7 heteroatoms. The second-order valence-corrected chi connectivity index (χ2v) is 10.5. The van der Waals surface area contributed by atoms with E-state index in [4.69, 9.17) is 20.9 Å². The van der Waals surface area contributed by atoms with Gasteiger partial charge in [-0.1, -0.05) is 0 Å². The van der Waals surface area contributed by atoms with E-state index in [1.54, 1.807) is 24.3 Å². The number of nitrogen functional groups attached to an aromatic ring is 2. The number of hydrogen-bond acceptors (Lipinski definition) is 6. The second kappa shape index (κ2) is 9.35. The van der Waals surface area contributed by atoms with Gasteiger partial charge < -0.3 is 20.9 Å². The lowest BCUT2D eigenvalue weighted by molar-refractivity contribution is 0.481. The van der Waals surface area contributed by atoms with Crippen LogP contribution in [0.1, 0.15) is 22.3 Å². The molecule has 0 saturated heterocycles. The molecule has 0 amide bonds. The molecule has 180 valence electrons. The third-order valence-electron chi connectivity index (χ3n) is 5.87. The highest BCUT2D eigenvalue weighted by Crippen LogP contribution is 2.31. The summed E-state index contributed by atoms with van der Waals surface area (Å²) in [7, 11) is -3.70. The zero-order valence-corrected chi connectivity index (χ0v) is 20.9. The lowest BCUT2D eigenvalue weighted by Gasteiger charge is -2.12. The maximum absolute atomic E-state index is 13.1. The molecule has 0 heterocycles. The van der Waals surface area contributed by atoms with Gasteiger partial charge in [0.25, 0.3) is 0 Å². The summed E-state index contributed by atoms with van der Waals surface area (Å²) in [5.41, 5.74) is 17.2. The topological polar surface area (TPSA) is 105 Å². The molecule has 0 saturated carbocycles. The summed E-state index contributed by atoms with van der Waals surface area (Å²) in [5, 5.41) is 0. The average molecular weight is 489 g/mol. The Balaban J connectivity index is 1.50. The molecule has 35 heavy (non-hydrogen) atoms. The van der Waals surface area contributed by atoms with E-state index in [9.17, 15) is 8.42 Å². The Kier molecular flexibility index (Phi) is 6.45. The summed E-state index contributed by atoms with van der Waals surface area (Å²) >= 11 is 0. The molecule has 0 bridgehead atoms. The smallest absolute Gasteiger partial charge is 0.206 e. The number of anilines is 2. The molecule has 0 aliphatic carbocycles. The zero-order valence-electron chi connectivity index (χ0n) is 20.1. The monoisotopic (exact) mass is 488 g/mol. The van der Waals surface area contributed by atoms with Crippen LogP contribution < -0.4 is 20.9 Å². The first kappa shape index (κ1) is 24.2. The van der Waals surface area contributed by atoms with Gasteiger partial charge in [0.05, 0.1) is 9.79 Å². The highest BCUT2D eigenvalue weighted by molar-refractivity contribution is 7.91. The van der Waals surface area contributed by atoms with E-state index in [0.29, 0.717) is 23.0 Å². The lowest BCUT2D eigenvalue weighted by Crippen LogP contribution is -2.02. The molecule has 0 aromatic heterocycles. The Hall–Kier alpha value is -3.97. The Morgan fingerprint density at radius 3 is 1.09 bits per heavy atom. The summed E-state index contributed by atoms with van der Waals surface area (Å²) in [6.45, 7) is 7.66. The Labute approximate surface area is 206 Å². The van der Waals surface area contributed by atoms with E-state index in [2.05, 4.69) is 0 Å². The third-order valence-corrected chi connectivity index (χ3v) is 7.66. The number of nitrogens with two attached hydrogens (primary N) is 2. The van der Waals surface area contributed by atoms with Crippen LogP contribution in [-0.4, -0.2) is 8.42 Å². The molecule has 4 aromatic rings. The number of sulfone groups is 1. The van der Waals surface area contributed by atoms with Crippen molar-refractivity contribution in [1.29, 1.82) is 0 Å². The predicted molar refractivity (Wildman–Crippen MR) is 139 cm³/mol. The molecule has 0 atom stereocenters. The largest absolute Gasteiger partial charge is 0.457 e. The molecule has 4 rings (SSSR count). The molecule has 0 aliphatic rings. The minimum Gasteiger partial charge on any atom is -0.457 e. The van der Waals surface area contributed by atoms with Crippen molar-refractivity contribution >= 4 is 21.2 Å². The zero-order chi connectivity index (χ0) is 25.3. The quantitative estimate of drug-likeness (QED) is 0.300. The molecule has 0 aliphatic heterocycles. The highest BCUT2D eigenvalue weighted by atomic mass is 32.2. The van der Waals surface area contributed by atoms with Crippen LogP contribution in [0.15, 0.2) is 82.6 Å². The van der Waals surface area contributed by atoms with Crippen LogP contribution in [-0.2, 0) is 9.84 Å². The first-order chi connectivity index (χ1) is 16.5. The van der Waals surface area contributed by atoms with Crippen LogP contribution in [0.5, 0.6) is 23.0 Å². The van der Waals surface area contributed by atoms with Gasteiger partial charge in [0, 0.05) is 11.4 Å². The van der Waals surface area contributed by atoms with Gasteiger partial charge in [0.1, 0.15) is 23.0 Å². The normalized spacial score (nSPS) is 11.3. The number of aryl methyl sites for hydroxylation is 4. The van der Waals surface area contributed by atoms with E-state index in [0.717, 1.165) is 33.6 Å². The van der Waals surface area contributed by atoms with E-state index in [-0.39, 0.29) is 9.79 Å². The fourth-order valence-corrected chi connectivity index (χ4v) is 5.03. The van der Waals surface area contributed by atoms with Crippen molar-refractivity contribution in [1.82, 2.24) is 0 Å². The Morgan fingerprint density at radius 1 is 0.514 bits per heavy atom. The van der Waals surface area contributed by atoms with Crippen molar-refractivity contribution in [2.75, 3.05) is 11.5 Å². The van der Waals surface area contributed by atoms with Crippen LogP contribution in [0.4, 0.5) is 11.4 Å². The van der Waals surface area contributed by atoms with Gasteiger partial charge in [-0.2, -0.15) is 0 Å². The number of rotatable bonds is 6. The minimum atomic E-state index is -3.70. The van der Waals surface area contributed by atoms with Crippen LogP contribution in [0.25, 0.3) is 0 Å². The van der Waals surface area contributed by atoms with E-state index in [1.165, 1.54) is 24.3 Å². The van der Waals surface area contributed by atoms with Gasteiger partial charge in [-0.15, -0.1) is 0 Å². The molecule has 6 nitrogen and oxygen atoms in total. The standard InChI is InChI=1S/C28H28N2O4S/c1-17-13-23(14-18(2)27(17)29)33-21-5-9-25(10-6-21)35(31,32)26-11-7-22(8-12-26)34-24-15-19(3)28(30)20(4)16-24/h5-16H,29-30H2,1-4H3. The summed E-state index contributed by atoms with van der Waals surface area (Å²) < 4.78 is 38.0. The first-order valence-corrected chi connectivity index (χ1v) is 12.6. The van der Waals surface area contributed by atoms with Gasteiger partial charge >= 0.3 is 0 Å². The minimum absolute atomic E-state index is 0.174. The second-order valence-electron chi connectivity index (χ2n) is 8.59. The van der Waals surface area contributed by atoms with Crippen molar-refractivity contribution in [3.8, 4) is 23.0 Å². The molecule has 4 aromatic carbocycles. The Morgan fingerprint density at radius 2 is 0.800 bits per heavy atom. The summed E-state index contributed by atoms with van der Waals surface area (Å²) in [4.78, 5) is 0.348. The van der Waals surface area contributed by atoms with Crippen molar-refractivity contribution in [2.45, 2.75) is 37.5 Å². The average Bonchev–Trinajstić information content (AvgIpc) is 2.81. The van der Waals surface area contributed by atoms with Crippen LogP contribution in [0.2, 0.25) is 0 Å². The predicted octanol–water partition coefficient (Wildman–Crippen LogP) is 6.50. The maximum Gasteiger partial charge on any atom is 0.206 e. The molecule has 0 unspecified atom stereocenters. The molecular formula is C28H28N2O4S. The molecule has 0 radical (unpaired) electrons. The van der Waals surface area contributed by atoms with Gasteiger partial charge in [-0.3, -0.25) is 0 Å². The third kappa shape index (κ3) is 5.10. The molecule has 0 fully saturated rings. The van der Waals surface area contributed by atoms with Crippen molar-refractivity contribution in [2.24, 2.45) is 0 Å². The summed E-state index contributed by atoms with van der Waals surface area (Å²) in [5.74, 6) is 2.36. The van der Waals surface area contributed by atoms with Crippen molar-refractivity contribution < 1.29 is 17.9 Å². The van der Waals surface area contributed by atoms with E-state index >= 15 is 0 Å². The van der Waals surface area contributed by atoms with Crippen LogP contribution in [0.3, 0.4) is 0 Å². The van der Waals surface area contributed by atoms with Crippen LogP contribution in [0, 0.1) is 27.7 Å². The SMILES string of the molecule is Cc1cc(Oc2ccc(S(=O)(=O)c3ccc(Oc4cc(C)c(N)c(C)c4)cc3)cc2)cc(C)c1N. The van der Waals surface area contributed by atoms with Crippen LogP contribution >= 0.6 is 0 Å². The molecular weight excluding hydrogens is 460 g/mol. The fraction of sp³-hybridized carbons (Fsp3) is 0.143. The van der Waals surface area contributed by atoms with Gasteiger partial charge in [0.2, 0.25) is 9.84 Å². The summed E-state index contributed by atoms with van der Waals surface area (Å²) in [6, 6.07) is 20.1. The van der Waals surface area contributed by atoms with Gasteiger partial charge in [0.15, 0.2) is 0 Å². The van der Waals surface area contributed by atoms with E-state index < -0.39 is 9.84 Å². The van der Waals surface area contributed by atoms with Crippen molar-refractivity contribution in [3.63, 3.8) is 0 Å². The van der Waals surface area contributed by atoms with Crippen molar-refractivity contribution in [3.05, 3.63) is 95.1 Å². The van der Waals surface area contributed by atoms with Gasteiger partial charge in [-0.25, -0.2) is 8.42 Å². The Bertz CT molecular complexity index is 1340. The maximum atomic E-state index is 13.1. The fourth-order valence-electron chi connectivity index (χ4n) is 3.77.